The van der Waals surface area contributed by atoms with E-state index in [2.05, 4.69) is 32.4 Å². The minimum atomic E-state index is -0.113. The van der Waals surface area contributed by atoms with Crippen molar-refractivity contribution in [2.45, 2.75) is 50.6 Å². The number of hydrogen-bond donors (Lipinski definition) is 2. The van der Waals surface area contributed by atoms with Crippen molar-refractivity contribution >= 4 is 28.5 Å². The molecule has 33 heavy (non-hydrogen) atoms. The molecule has 0 unspecified atom stereocenters. The number of aromatic nitrogens is 3. The van der Waals surface area contributed by atoms with Crippen LogP contribution in [-0.2, 0) is 0 Å². The van der Waals surface area contributed by atoms with Crippen molar-refractivity contribution < 1.29 is 4.79 Å². The number of amides is 1. The first-order chi connectivity index (χ1) is 16.1. The highest BCUT2D eigenvalue weighted by Crippen LogP contribution is 2.34. The van der Waals surface area contributed by atoms with Gasteiger partial charge in [0.2, 0.25) is 0 Å². The quantitative estimate of drug-likeness (QED) is 0.598. The van der Waals surface area contributed by atoms with Crippen molar-refractivity contribution in [1.82, 2.24) is 30.1 Å². The molecule has 1 saturated carbocycles. The third-order valence-electron chi connectivity index (χ3n) is 7.18. The molecule has 2 aliphatic rings. The zero-order valence-electron chi connectivity index (χ0n) is 19.1. The van der Waals surface area contributed by atoms with Gasteiger partial charge in [-0.2, -0.15) is 0 Å². The molecule has 0 aromatic carbocycles. The van der Waals surface area contributed by atoms with Gasteiger partial charge in [0.25, 0.3) is 5.91 Å². The summed E-state index contributed by atoms with van der Waals surface area (Å²) in [6, 6.07) is 7.87. The van der Waals surface area contributed by atoms with Gasteiger partial charge in [0.05, 0.1) is 16.0 Å². The highest BCUT2D eigenvalue weighted by atomic mass is 35.5. The van der Waals surface area contributed by atoms with E-state index in [1.165, 1.54) is 19.3 Å². The molecule has 7 nitrogen and oxygen atoms in total. The van der Waals surface area contributed by atoms with E-state index in [1.54, 1.807) is 18.5 Å². The number of fused-ring (bicyclic) bond motifs is 1. The predicted molar refractivity (Wildman–Crippen MR) is 131 cm³/mol. The van der Waals surface area contributed by atoms with Crippen LogP contribution < -0.4 is 10.6 Å². The molecule has 0 radical (unpaired) electrons. The van der Waals surface area contributed by atoms with Gasteiger partial charge in [-0.1, -0.05) is 36.9 Å². The maximum Gasteiger partial charge on any atom is 0.253 e. The van der Waals surface area contributed by atoms with Crippen LogP contribution in [0.4, 0.5) is 0 Å². The minimum absolute atomic E-state index is 0.0195. The SMILES string of the molecule is C[C@H]1CN(C2(CNC(=O)c3cn(-c4ccccn4)c4nccc(Cl)c34)CCCCC2)CCN1. The molecule has 1 aliphatic heterocycles. The summed E-state index contributed by atoms with van der Waals surface area (Å²) in [5, 5.41) is 8.01. The number of nitrogens with one attached hydrogen (secondary N) is 2. The lowest BCUT2D eigenvalue weighted by Gasteiger charge is -2.49. The summed E-state index contributed by atoms with van der Waals surface area (Å²) in [4.78, 5) is 25.1. The van der Waals surface area contributed by atoms with Gasteiger partial charge < -0.3 is 10.6 Å². The van der Waals surface area contributed by atoms with Gasteiger partial charge in [0.15, 0.2) is 0 Å². The number of nitrogens with zero attached hydrogens (tertiary/aromatic N) is 4. The Hall–Kier alpha value is -2.48. The molecule has 8 heteroatoms. The van der Waals surface area contributed by atoms with Crippen LogP contribution in [0.15, 0.2) is 42.9 Å². The fourth-order valence-electron chi connectivity index (χ4n) is 5.48. The van der Waals surface area contributed by atoms with Crippen LogP contribution in [0.3, 0.4) is 0 Å². The van der Waals surface area contributed by atoms with Crippen LogP contribution in [0, 0.1) is 0 Å². The Morgan fingerprint density at radius 2 is 2.06 bits per heavy atom. The van der Waals surface area contributed by atoms with Gasteiger partial charge in [-0.25, -0.2) is 9.97 Å². The van der Waals surface area contributed by atoms with E-state index >= 15 is 0 Å². The third-order valence-corrected chi connectivity index (χ3v) is 7.49. The highest BCUT2D eigenvalue weighted by Gasteiger charge is 2.39. The summed E-state index contributed by atoms with van der Waals surface area (Å²) in [6.45, 7) is 5.92. The normalized spacial score (nSPS) is 21.2. The molecule has 174 valence electrons. The largest absolute Gasteiger partial charge is 0.350 e. The first-order valence-electron chi connectivity index (χ1n) is 11.9. The van der Waals surface area contributed by atoms with E-state index in [0.717, 1.165) is 32.5 Å². The fourth-order valence-corrected chi connectivity index (χ4v) is 5.72. The van der Waals surface area contributed by atoms with E-state index in [9.17, 15) is 4.79 Å². The maximum absolute atomic E-state index is 13.5. The van der Waals surface area contributed by atoms with Crippen molar-refractivity contribution in [3.63, 3.8) is 0 Å². The Morgan fingerprint density at radius 3 is 2.82 bits per heavy atom. The first kappa shape index (κ1) is 22.3. The van der Waals surface area contributed by atoms with E-state index in [4.69, 9.17) is 11.6 Å². The molecule has 5 rings (SSSR count). The molecule has 2 N–H and O–H groups in total. The summed E-state index contributed by atoms with van der Waals surface area (Å²) in [6.07, 6.45) is 11.1. The summed E-state index contributed by atoms with van der Waals surface area (Å²) in [5.74, 6) is 0.590. The lowest BCUT2D eigenvalue weighted by atomic mass is 9.79. The topological polar surface area (TPSA) is 75.1 Å². The Morgan fingerprint density at radius 1 is 1.21 bits per heavy atom. The number of hydrogen-bond acceptors (Lipinski definition) is 5. The van der Waals surface area contributed by atoms with Crippen molar-refractivity contribution in [3.05, 3.63) is 53.4 Å². The van der Waals surface area contributed by atoms with E-state index in [1.807, 2.05) is 29.0 Å². The van der Waals surface area contributed by atoms with Crippen LogP contribution in [0.1, 0.15) is 49.4 Å². The monoisotopic (exact) mass is 466 g/mol. The van der Waals surface area contributed by atoms with Crippen LogP contribution in [0.25, 0.3) is 16.9 Å². The number of carbonyl (C=O) groups excluding carboxylic acids is 1. The lowest BCUT2D eigenvalue weighted by molar-refractivity contribution is 0.0273. The minimum Gasteiger partial charge on any atom is -0.350 e. The zero-order chi connectivity index (χ0) is 22.8. The summed E-state index contributed by atoms with van der Waals surface area (Å²) in [7, 11) is 0. The van der Waals surface area contributed by atoms with Gasteiger partial charge in [0.1, 0.15) is 11.5 Å². The van der Waals surface area contributed by atoms with Crippen molar-refractivity contribution in [2.24, 2.45) is 0 Å². The molecule has 1 amide bonds. The number of piperazine rings is 1. The first-order valence-corrected chi connectivity index (χ1v) is 12.3. The molecular weight excluding hydrogens is 436 g/mol. The number of halogens is 1. The Bertz CT molecular complexity index is 1120. The number of carbonyl (C=O) groups is 1. The van der Waals surface area contributed by atoms with E-state index in [-0.39, 0.29) is 11.4 Å². The smallest absolute Gasteiger partial charge is 0.253 e. The zero-order valence-corrected chi connectivity index (χ0v) is 19.8. The van der Waals surface area contributed by atoms with E-state index in [0.29, 0.717) is 40.0 Å². The van der Waals surface area contributed by atoms with Crippen LogP contribution >= 0.6 is 11.6 Å². The second kappa shape index (κ2) is 9.41. The summed E-state index contributed by atoms with van der Waals surface area (Å²) in [5.41, 5.74) is 1.19. The van der Waals surface area contributed by atoms with Gasteiger partial charge in [0, 0.05) is 56.4 Å². The molecule has 1 aliphatic carbocycles. The molecule has 0 bridgehead atoms. The van der Waals surface area contributed by atoms with Gasteiger partial charge in [-0.3, -0.25) is 14.3 Å². The standard InChI is InChI=1S/C25H31ClN6O/c1-18-15-31(14-13-27-18)25(9-4-2-5-10-25)17-30-24(33)19-16-32(21-7-3-6-11-28-21)23-22(19)20(26)8-12-29-23/h3,6-8,11-12,16,18,27H,2,4-5,9-10,13-15,17H2,1H3,(H,30,33)/t18-/m0/s1. The van der Waals surface area contributed by atoms with Crippen molar-refractivity contribution in [3.8, 4) is 5.82 Å². The Balaban J connectivity index is 1.44. The van der Waals surface area contributed by atoms with Crippen molar-refractivity contribution in [2.75, 3.05) is 26.2 Å². The van der Waals surface area contributed by atoms with Gasteiger partial charge in [-0.15, -0.1) is 0 Å². The van der Waals surface area contributed by atoms with Gasteiger partial charge >= 0.3 is 0 Å². The summed E-state index contributed by atoms with van der Waals surface area (Å²) >= 11 is 6.55. The highest BCUT2D eigenvalue weighted by molar-refractivity contribution is 6.36. The molecule has 1 saturated heterocycles. The van der Waals surface area contributed by atoms with Gasteiger partial charge in [-0.05, 0) is 38.0 Å². The molecule has 1 atom stereocenters. The van der Waals surface area contributed by atoms with Crippen LogP contribution in [0.2, 0.25) is 5.02 Å². The number of pyridine rings is 2. The molecule has 3 aromatic rings. The maximum atomic E-state index is 13.5. The van der Waals surface area contributed by atoms with Crippen LogP contribution in [0.5, 0.6) is 0 Å². The molecular formula is C25H31ClN6O. The average Bonchev–Trinajstić information content (AvgIpc) is 3.25. The van der Waals surface area contributed by atoms with E-state index < -0.39 is 0 Å². The fraction of sp³-hybridized carbons (Fsp3) is 0.480. The second-order valence-corrected chi connectivity index (χ2v) is 9.77. The Labute approximate surface area is 199 Å². The molecule has 4 heterocycles. The average molecular weight is 467 g/mol. The predicted octanol–water partition coefficient (Wildman–Crippen LogP) is 3.80. The molecule has 3 aromatic heterocycles. The molecule has 0 spiro atoms. The number of rotatable bonds is 5. The Kier molecular flexibility index (Phi) is 6.36. The third kappa shape index (κ3) is 4.37. The summed E-state index contributed by atoms with van der Waals surface area (Å²) < 4.78 is 1.84. The van der Waals surface area contributed by atoms with Crippen molar-refractivity contribution in [1.29, 1.82) is 0 Å². The lowest BCUT2D eigenvalue weighted by Crippen LogP contribution is -2.63. The second-order valence-electron chi connectivity index (χ2n) is 9.36. The van der Waals surface area contributed by atoms with Crippen LogP contribution in [-0.4, -0.2) is 63.1 Å². The molecule has 2 fully saturated rings.